The first-order chi connectivity index (χ1) is 12.1. The summed E-state index contributed by atoms with van der Waals surface area (Å²) in [4.78, 5) is 27.0. The zero-order valence-corrected chi connectivity index (χ0v) is 15.2. The van der Waals surface area contributed by atoms with Gasteiger partial charge in [-0.15, -0.1) is 0 Å². The highest BCUT2D eigenvalue weighted by Gasteiger charge is 2.32. The topological polar surface area (TPSA) is 61.4 Å². The van der Waals surface area contributed by atoms with Crippen LogP contribution in [0.4, 0.5) is 10.1 Å². The maximum Gasteiger partial charge on any atom is 0.228 e. The van der Waals surface area contributed by atoms with Crippen LogP contribution in [-0.2, 0) is 9.59 Å². The van der Waals surface area contributed by atoms with Gasteiger partial charge in [-0.2, -0.15) is 11.8 Å². The summed E-state index contributed by atoms with van der Waals surface area (Å²) in [5, 5.41) is 5.78. The number of carbonyl (C=O) groups is 2. The number of nitrogens with zero attached hydrogens (tertiary/aromatic N) is 1. The van der Waals surface area contributed by atoms with Crippen LogP contribution in [0.1, 0.15) is 30.7 Å². The molecule has 0 aliphatic carbocycles. The van der Waals surface area contributed by atoms with E-state index in [1.807, 2.05) is 11.8 Å². The minimum absolute atomic E-state index is 0.0643. The van der Waals surface area contributed by atoms with E-state index >= 15 is 0 Å². The number of hydrogen-bond donors (Lipinski definition) is 2. The largest absolute Gasteiger partial charge is 0.353 e. The third-order valence-corrected chi connectivity index (χ3v) is 5.51. The summed E-state index contributed by atoms with van der Waals surface area (Å²) >= 11 is 1.84. The third-order valence-electron chi connectivity index (χ3n) is 4.91. The Morgan fingerprint density at radius 1 is 1.40 bits per heavy atom. The normalized spacial score (nSPS) is 21.5. The van der Waals surface area contributed by atoms with Crippen molar-refractivity contribution < 1.29 is 14.0 Å². The van der Waals surface area contributed by atoms with Crippen molar-refractivity contribution in [3.05, 3.63) is 29.6 Å². The Labute approximate surface area is 151 Å². The predicted octanol–water partition coefficient (Wildman–Crippen LogP) is 2.20. The summed E-state index contributed by atoms with van der Waals surface area (Å²) in [5.74, 6) is -0.268. The molecule has 0 aromatic heterocycles. The van der Waals surface area contributed by atoms with Crippen molar-refractivity contribution in [2.24, 2.45) is 0 Å². The molecule has 5 nitrogen and oxygen atoms in total. The number of anilines is 1. The number of hydrogen-bond acceptors (Lipinski definition) is 4. The van der Waals surface area contributed by atoms with Gasteiger partial charge in [0.1, 0.15) is 5.82 Å². The Morgan fingerprint density at radius 3 is 2.88 bits per heavy atom. The number of fused-ring (bicyclic) bond motifs is 1. The highest BCUT2D eigenvalue weighted by atomic mass is 32.2. The van der Waals surface area contributed by atoms with Crippen LogP contribution in [0.15, 0.2) is 18.2 Å². The summed E-state index contributed by atoms with van der Waals surface area (Å²) in [6.07, 6.45) is 3.99. The Bertz CT molecular complexity index is 647. The number of benzene rings is 1. The number of thioether (sulfide) groups is 1. The van der Waals surface area contributed by atoms with E-state index in [1.165, 1.54) is 18.2 Å². The van der Waals surface area contributed by atoms with Gasteiger partial charge < -0.3 is 15.5 Å². The molecule has 0 spiro atoms. The zero-order valence-electron chi connectivity index (χ0n) is 14.4. The maximum absolute atomic E-state index is 13.6. The first-order valence-corrected chi connectivity index (χ1v) is 10.1. The number of rotatable bonds is 5. The summed E-state index contributed by atoms with van der Waals surface area (Å²) in [6.45, 7) is 3.03. The van der Waals surface area contributed by atoms with E-state index in [0.29, 0.717) is 11.3 Å². The predicted molar refractivity (Wildman–Crippen MR) is 98.4 cm³/mol. The van der Waals surface area contributed by atoms with Crippen molar-refractivity contribution >= 4 is 29.3 Å². The zero-order chi connectivity index (χ0) is 17.8. The molecule has 0 saturated carbocycles. The number of piperidine rings is 1. The second-order valence-corrected chi connectivity index (χ2v) is 7.64. The van der Waals surface area contributed by atoms with E-state index in [1.54, 1.807) is 0 Å². The molecule has 136 valence electrons. The van der Waals surface area contributed by atoms with Crippen molar-refractivity contribution in [3.63, 3.8) is 0 Å². The van der Waals surface area contributed by atoms with Gasteiger partial charge in [0.05, 0.1) is 5.92 Å². The van der Waals surface area contributed by atoms with Gasteiger partial charge in [0.2, 0.25) is 11.8 Å². The quantitative estimate of drug-likeness (QED) is 0.840. The highest BCUT2D eigenvalue weighted by molar-refractivity contribution is 7.98. The first kappa shape index (κ1) is 18.2. The molecule has 2 amide bonds. The van der Waals surface area contributed by atoms with Crippen LogP contribution in [0.2, 0.25) is 0 Å². The lowest BCUT2D eigenvalue weighted by Gasteiger charge is -2.33. The fourth-order valence-corrected chi connectivity index (χ4v) is 3.93. The Kier molecular flexibility index (Phi) is 5.96. The van der Waals surface area contributed by atoms with Gasteiger partial charge in [-0.3, -0.25) is 9.59 Å². The summed E-state index contributed by atoms with van der Waals surface area (Å²) in [5.41, 5.74) is 1.10. The standard InChI is InChI=1S/C18H24FN3O2S/c1-25-9-8-22-6-4-13(5-7-22)20-18(24)15-11-17(23)21-16-3-2-12(19)10-14(15)16/h2-3,10,13,15H,4-9,11H2,1H3,(H,20,24)(H,21,23)/t15-/m0/s1. The number of amides is 2. The SMILES string of the molecule is CSCCN1CCC(NC(=O)[C@H]2CC(=O)Nc3ccc(F)cc32)CC1. The van der Waals surface area contributed by atoms with E-state index in [9.17, 15) is 14.0 Å². The molecule has 0 unspecified atom stereocenters. The molecule has 25 heavy (non-hydrogen) atoms. The lowest BCUT2D eigenvalue weighted by Crippen LogP contribution is -2.47. The van der Waals surface area contributed by atoms with E-state index in [-0.39, 0.29) is 24.3 Å². The van der Waals surface area contributed by atoms with Crippen LogP contribution in [-0.4, -0.2) is 54.4 Å². The molecule has 0 bridgehead atoms. The molecule has 3 rings (SSSR count). The second kappa shape index (κ2) is 8.19. The molecule has 1 atom stereocenters. The van der Waals surface area contributed by atoms with Gasteiger partial charge in [0.25, 0.3) is 0 Å². The smallest absolute Gasteiger partial charge is 0.228 e. The third kappa shape index (κ3) is 4.52. The molecule has 2 aliphatic heterocycles. The van der Waals surface area contributed by atoms with Crippen molar-refractivity contribution in [3.8, 4) is 0 Å². The summed E-state index contributed by atoms with van der Waals surface area (Å²) in [7, 11) is 0. The van der Waals surface area contributed by atoms with Crippen molar-refractivity contribution in [1.29, 1.82) is 0 Å². The van der Waals surface area contributed by atoms with Gasteiger partial charge in [-0.05, 0) is 42.9 Å². The number of likely N-dealkylation sites (tertiary alicyclic amines) is 1. The summed E-state index contributed by atoms with van der Waals surface area (Å²) in [6, 6.07) is 4.29. The van der Waals surface area contributed by atoms with Gasteiger partial charge in [-0.1, -0.05) is 0 Å². The lowest BCUT2D eigenvalue weighted by molar-refractivity contribution is -0.127. The molecule has 7 heteroatoms. The molecule has 0 radical (unpaired) electrons. The fraction of sp³-hybridized carbons (Fsp3) is 0.556. The maximum atomic E-state index is 13.6. The molecule has 1 fully saturated rings. The van der Waals surface area contributed by atoms with E-state index in [4.69, 9.17) is 0 Å². The van der Waals surface area contributed by atoms with Gasteiger partial charge >= 0.3 is 0 Å². The fourth-order valence-electron chi connectivity index (χ4n) is 3.49. The number of halogens is 1. The molecule has 2 N–H and O–H groups in total. The van der Waals surface area contributed by atoms with Crippen molar-refractivity contribution in [2.45, 2.75) is 31.2 Å². The molecule has 1 aromatic carbocycles. The number of carbonyl (C=O) groups excluding carboxylic acids is 2. The molecule has 2 heterocycles. The number of nitrogens with one attached hydrogen (secondary N) is 2. The molecular formula is C18H24FN3O2S. The lowest BCUT2D eigenvalue weighted by atomic mass is 9.89. The Hall–Kier alpha value is -1.60. The van der Waals surface area contributed by atoms with Crippen LogP contribution in [0.3, 0.4) is 0 Å². The monoisotopic (exact) mass is 365 g/mol. The second-order valence-electron chi connectivity index (χ2n) is 6.65. The minimum Gasteiger partial charge on any atom is -0.353 e. The van der Waals surface area contributed by atoms with E-state index in [2.05, 4.69) is 21.8 Å². The van der Waals surface area contributed by atoms with Crippen LogP contribution in [0, 0.1) is 5.82 Å². The van der Waals surface area contributed by atoms with Crippen LogP contribution in [0.25, 0.3) is 0 Å². The highest BCUT2D eigenvalue weighted by Crippen LogP contribution is 2.33. The van der Waals surface area contributed by atoms with Gasteiger partial charge in [0, 0.05) is 43.5 Å². The Balaban J connectivity index is 1.61. The van der Waals surface area contributed by atoms with Gasteiger partial charge in [0.15, 0.2) is 0 Å². The van der Waals surface area contributed by atoms with Crippen molar-refractivity contribution in [1.82, 2.24) is 10.2 Å². The molecule has 1 aromatic rings. The van der Waals surface area contributed by atoms with Crippen LogP contribution >= 0.6 is 11.8 Å². The summed E-state index contributed by atoms with van der Waals surface area (Å²) < 4.78 is 13.6. The van der Waals surface area contributed by atoms with Crippen molar-refractivity contribution in [2.75, 3.05) is 37.0 Å². The molecular weight excluding hydrogens is 341 g/mol. The minimum atomic E-state index is -0.617. The van der Waals surface area contributed by atoms with Crippen LogP contribution in [0.5, 0.6) is 0 Å². The average Bonchev–Trinajstić information content (AvgIpc) is 2.60. The molecule has 1 saturated heterocycles. The average molecular weight is 365 g/mol. The Morgan fingerprint density at radius 2 is 2.16 bits per heavy atom. The van der Waals surface area contributed by atoms with E-state index < -0.39 is 11.7 Å². The first-order valence-electron chi connectivity index (χ1n) is 8.68. The van der Waals surface area contributed by atoms with E-state index in [0.717, 1.165) is 38.2 Å². The van der Waals surface area contributed by atoms with Crippen LogP contribution < -0.4 is 10.6 Å². The molecule has 2 aliphatic rings. The van der Waals surface area contributed by atoms with Gasteiger partial charge in [-0.25, -0.2) is 4.39 Å².